The normalized spacial score (nSPS) is 48.3. The van der Waals surface area contributed by atoms with Gasteiger partial charge in [0.2, 0.25) is 10.4 Å². The lowest BCUT2D eigenvalue weighted by molar-refractivity contribution is -0.354. The molecule has 1 aliphatic heterocycles. The number of rotatable bonds is 10. The highest BCUT2D eigenvalue weighted by atomic mass is 32.3. The van der Waals surface area contributed by atoms with Crippen molar-refractivity contribution in [2.45, 2.75) is 153 Å². The van der Waals surface area contributed by atoms with Crippen LogP contribution in [0.5, 0.6) is 0 Å². The summed E-state index contributed by atoms with van der Waals surface area (Å²) in [6.07, 6.45) is -5.52. The van der Waals surface area contributed by atoms with Gasteiger partial charge in [0.05, 0.1) is 29.9 Å². The van der Waals surface area contributed by atoms with Gasteiger partial charge in [-0.2, -0.15) is 0 Å². The maximum atomic E-state index is 12.1. The molecule has 1 saturated heterocycles. The Morgan fingerprint density at radius 3 is 2.26 bits per heavy atom. The van der Waals surface area contributed by atoms with E-state index in [9.17, 15) is 48.4 Å². The number of aliphatic carboxylic acids is 1. The summed E-state index contributed by atoms with van der Waals surface area (Å²) in [6.45, 7) is 10.3. The highest BCUT2D eigenvalue weighted by Crippen LogP contribution is 2.69. The van der Waals surface area contributed by atoms with Gasteiger partial charge in [0, 0.05) is 5.92 Å². The highest BCUT2D eigenvalue weighted by Gasteiger charge is 2.66. The molecule has 5 fully saturated rings. The van der Waals surface area contributed by atoms with Gasteiger partial charge >= 0.3 is 0 Å². The maximum Gasteiger partial charge on any atom is 0.217 e. The predicted molar refractivity (Wildman–Crippen MR) is 162 cm³/mol. The zero-order chi connectivity index (χ0) is 34.9. The summed E-state index contributed by atoms with van der Waals surface area (Å²) in [6, 6.07) is 0. The van der Waals surface area contributed by atoms with Crippen LogP contribution in [0.1, 0.15) is 98.8 Å². The second kappa shape index (κ2) is 13.3. The van der Waals surface area contributed by atoms with Gasteiger partial charge in [-0.25, -0.2) is 8.42 Å². The van der Waals surface area contributed by atoms with Crippen LogP contribution >= 0.6 is 0 Å². The molecule has 14 heteroatoms. The molecular formula is C33H54O13S-2. The minimum absolute atomic E-state index is 0.0229. The molecule has 0 bridgehead atoms. The minimum atomic E-state index is -5.10. The van der Waals surface area contributed by atoms with Gasteiger partial charge in [-0.05, 0) is 98.7 Å². The zero-order valence-corrected chi connectivity index (χ0v) is 28.9. The average molecular weight is 691 g/mol. The van der Waals surface area contributed by atoms with Crippen molar-refractivity contribution in [2.75, 3.05) is 0 Å². The van der Waals surface area contributed by atoms with E-state index in [0.29, 0.717) is 31.6 Å². The number of carboxylic acid groups (broad SMARTS) is 1. The van der Waals surface area contributed by atoms with Crippen molar-refractivity contribution in [3.8, 4) is 0 Å². The molecule has 4 aliphatic carbocycles. The monoisotopic (exact) mass is 690 g/mol. The first-order chi connectivity index (χ1) is 21.7. The van der Waals surface area contributed by atoms with Crippen molar-refractivity contribution in [1.82, 2.24) is 0 Å². The number of fused-ring (bicyclic) bond motifs is 5. The van der Waals surface area contributed by atoms with E-state index in [4.69, 9.17) is 13.7 Å². The first kappa shape index (κ1) is 37.3. The Hall–Kier alpha value is -0.940. The molecule has 0 aromatic heterocycles. The lowest BCUT2D eigenvalue weighted by Crippen LogP contribution is -2.63. The molecule has 13 nitrogen and oxygen atoms in total. The zero-order valence-electron chi connectivity index (χ0n) is 28.1. The van der Waals surface area contributed by atoms with Gasteiger partial charge in [-0.15, -0.1) is 0 Å². The fourth-order valence-corrected chi connectivity index (χ4v) is 11.6. The van der Waals surface area contributed by atoms with E-state index in [1.165, 1.54) is 0 Å². The predicted octanol–water partition coefficient (Wildman–Crippen LogP) is 0.591. The number of aliphatic hydroxyl groups is 5. The van der Waals surface area contributed by atoms with E-state index in [1.807, 2.05) is 6.92 Å². The van der Waals surface area contributed by atoms with E-state index >= 15 is 0 Å². The van der Waals surface area contributed by atoms with Crippen molar-refractivity contribution in [1.29, 1.82) is 0 Å². The standard InChI is InChI=1S/C33H56O13S/c1-16(2)7-6-10-33(5,40)28-22(34)15-20-18-14-23(46-47(41,42)43)21-13-17(8-11-31(21,3)19(18)9-12-32(20,28)4)44-30-26(37)24(35)25(36)27(45-30)29(38)39/h16-28,30,34-37,40H,6-15H2,1-5H3,(H,38,39)(H,41,42,43)/p-2/t17-,18+,19?,20-,21+,22-,23-,24-,25-,26+,27-,28-,30+,31+,32-,33-/m0/s1. The van der Waals surface area contributed by atoms with Crippen LogP contribution in [0.3, 0.4) is 0 Å². The lowest BCUT2D eigenvalue weighted by Gasteiger charge is -2.63. The van der Waals surface area contributed by atoms with Gasteiger partial charge in [0.25, 0.3) is 0 Å². The summed E-state index contributed by atoms with van der Waals surface area (Å²) in [7, 11) is -5.10. The molecule has 47 heavy (non-hydrogen) atoms. The third-order valence-electron chi connectivity index (χ3n) is 13.1. The van der Waals surface area contributed by atoms with Crippen LogP contribution in [0, 0.1) is 46.3 Å². The van der Waals surface area contributed by atoms with Crippen LogP contribution in [-0.4, -0.2) is 99.1 Å². The second-order valence-electron chi connectivity index (χ2n) is 16.5. The number of carbonyl (C=O) groups is 1. The second-order valence-corrected chi connectivity index (χ2v) is 17.5. The van der Waals surface area contributed by atoms with Crippen molar-refractivity contribution < 1.29 is 62.1 Å². The van der Waals surface area contributed by atoms with Crippen LogP contribution in [0.2, 0.25) is 0 Å². The molecule has 1 heterocycles. The van der Waals surface area contributed by atoms with E-state index in [0.717, 1.165) is 25.7 Å². The Kier molecular flexibility index (Phi) is 10.6. The van der Waals surface area contributed by atoms with Crippen LogP contribution in [0.4, 0.5) is 0 Å². The van der Waals surface area contributed by atoms with Crippen LogP contribution < -0.4 is 5.11 Å². The molecular weight excluding hydrogens is 636 g/mol. The number of ether oxygens (including phenoxy) is 2. The van der Waals surface area contributed by atoms with E-state index in [1.54, 1.807) is 0 Å². The van der Waals surface area contributed by atoms with Gasteiger partial charge in [-0.1, -0.05) is 40.5 Å². The Labute approximate surface area is 277 Å². The number of hydrogen-bond donors (Lipinski definition) is 5. The molecule has 5 N–H and O–H groups in total. The molecule has 4 saturated carbocycles. The summed E-state index contributed by atoms with van der Waals surface area (Å²) < 4.78 is 52.8. The smallest absolute Gasteiger partial charge is 0.217 e. The number of aliphatic hydroxyl groups excluding tert-OH is 4. The first-order valence-electron chi connectivity index (χ1n) is 17.3. The molecule has 5 aliphatic rings. The summed E-state index contributed by atoms with van der Waals surface area (Å²) in [5, 5.41) is 65.5. The molecule has 272 valence electrons. The fourth-order valence-electron chi connectivity index (χ4n) is 11.1. The Bertz CT molecular complexity index is 1240. The number of carboxylic acids is 1. The summed E-state index contributed by atoms with van der Waals surface area (Å²) in [5.41, 5.74) is -1.96. The van der Waals surface area contributed by atoms with Crippen molar-refractivity contribution in [3.05, 3.63) is 0 Å². The quantitative estimate of drug-likeness (QED) is 0.120. The lowest BCUT2D eigenvalue weighted by atomic mass is 9.43. The molecule has 0 radical (unpaired) electrons. The summed E-state index contributed by atoms with van der Waals surface area (Å²) in [4.78, 5) is 11.5. The molecule has 5 rings (SSSR count). The SMILES string of the molecule is CC(C)CCC[C@](C)(O)[C@H]1[C@@H](O)C[C@H]2[C@@H]3C[C@H](OS(=O)(=O)[O-])[C@H]4C[C@@H](O[C@@H]5O[C@H](C(=O)[O-])[C@@H](O)[C@H](O)[C@H]5O)CC[C@]4(C)C3CC[C@@]21C. The third-order valence-corrected chi connectivity index (χ3v) is 13.6. The fraction of sp³-hybridized carbons (Fsp3) is 0.970. The minimum Gasteiger partial charge on any atom is -0.726 e. The average Bonchev–Trinajstić information content (AvgIpc) is 3.23. The van der Waals surface area contributed by atoms with Crippen molar-refractivity contribution in [3.63, 3.8) is 0 Å². The van der Waals surface area contributed by atoms with Crippen molar-refractivity contribution in [2.24, 2.45) is 46.3 Å². The van der Waals surface area contributed by atoms with Gasteiger partial charge in [-0.3, -0.25) is 4.18 Å². The number of carbonyl (C=O) groups excluding carboxylic acids is 1. The van der Waals surface area contributed by atoms with Gasteiger partial charge < -0.3 is 49.5 Å². The van der Waals surface area contributed by atoms with Crippen molar-refractivity contribution >= 4 is 16.4 Å². The molecule has 0 amide bonds. The molecule has 0 aromatic rings. The summed E-state index contributed by atoms with van der Waals surface area (Å²) in [5.74, 6) is -2.05. The topological polar surface area (TPSA) is 226 Å². The number of hydrogen-bond acceptors (Lipinski definition) is 13. The Morgan fingerprint density at radius 2 is 1.64 bits per heavy atom. The maximum absolute atomic E-state index is 12.1. The van der Waals surface area contributed by atoms with E-state index in [-0.39, 0.29) is 36.5 Å². The Balaban J connectivity index is 1.38. The van der Waals surface area contributed by atoms with Gasteiger partial charge in [0.1, 0.15) is 24.4 Å². The first-order valence-corrected chi connectivity index (χ1v) is 18.6. The molecule has 0 aromatic carbocycles. The molecule has 0 spiro atoms. The largest absolute Gasteiger partial charge is 0.726 e. The molecule has 1 unspecified atom stereocenters. The third kappa shape index (κ3) is 7.02. The van der Waals surface area contributed by atoms with Crippen LogP contribution in [-0.2, 0) is 28.9 Å². The van der Waals surface area contributed by atoms with E-state index < -0.39 is 87.7 Å². The van der Waals surface area contributed by atoms with E-state index in [2.05, 4.69) is 27.7 Å². The summed E-state index contributed by atoms with van der Waals surface area (Å²) >= 11 is 0. The highest BCUT2D eigenvalue weighted by molar-refractivity contribution is 7.80. The Morgan fingerprint density at radius 1 is 0.979 bits per heavy atom. The van der Waals surface area contributed by atoms with Crippen LogP contribution in [0.25, 0.3) is 0 Å². The van der Waals surface area contributed by atoms with Gasteiger partial charge in [0.15, 0.2) is 6.29 Å². The molecule has 16 atom stereocenters. The van der Waals surface area contributed by atoms with Crippen LogP contribution in [0.15, 0.2) is 0 Å².